The summed E-state index contributed by atoms with van der Waals surface area (Å²) < 4.78 is 26.0. The van der Waals surface area contributed by atoms with Crippen LogP contribution in [0.4, 0.5) is 8.78 Å². The number of hydrogen-bond acceptors (Lipinski definition) is 7. The van der Waals surface area contributed by atoms with Gasteiger partial charge in [-0.25, -0.2) is 13.8 Å². The van der Waals surface area contributed by atoms with E-state index in [0.717, 1.165) is 68.9 Å². The number of hydrogen-bond donors (Lipinski definition) is 2. The van der Waals surface area contributed by atoms with E-state index in [9.17, 15) is 8.78 Å². The van der Waals surface area contributed by atoms with Gasteiger partial charge >= 0.3 is 0 Å². The van der Waals surface area contributed by atoms with Gasteiger partial charge in [0, 0.05) is 49.0 Å². The molecule has 2 fully saturated rings. The number of thiazole rings is 1. The van der Waals surface area contributed by atoms with Crippen molar-refractivity contribution in [3.63, 3.8) is 0 Å². The Hall–Kier alpha value is -1.36. The Morgan fingerprint density at radius 1 is 1.30 bits per heavy atom. The van der Waals surface area contributed by atoms with Crippen molar-refractivity contribution < 1.29 is 18.7 Å². The normalized spacial score (nSPS) is 18.4. The van der Waals surface area contributed by atoms with Crippen LogP contribution < -0.4 is 5.73 Å². The molecule has 0 aromatic carbocycles. The van der Waals surface area contributed by atoms with Crippen LogP contribution in [0, 0.1) is 5.92 Å². The predicted molar refractivity (Wildman–Crippen MR) is 154 cm³/mol. The monoisotopic (exact) mass is 560 g/mol. The third-order valence-electron chi connectivity index (χ3n) is 6.47. The number of rotatable bonds is 9. The second-order valence-electron chi connectivity index (χ2n) is 9.63. The van der Waals surface area contributed by atoms with Gasteiger partial charge < -0.3 is 10.8 Å². The lowest BCUT2D eigenvalue weighted by molar-refractivity contribution is -0.106. The van der Waals surface area contributed by atoms with Crippen LogP contribution in [-0.4, -0.2) is 66.5 Å². The molecule has 0 saturated heterocycles. The van der Waals surface area contributed by atoms with Gasteiger partial charge in [0.2, 0.25) is 6.41 Å². The maximum Gasteiger partial charge on any atom is 0.254 e. The van der Waals surface area contributed by atoms with Crippen molar-refractivity contribution in [1.82, 2.24) is 9.88 Å². The number of alkyl halides is 2. The standard InChI is InChI=1S/C17H28F2N2S.C8H11NS.CH3NO.CH4O/c1-17(18,19)13-22-16-9-11-21(12-15(16)20-2)10-8-14-6-4-3-5-7-14;1-2-7-5-9-8(10-7)6-3-4-6;2-1-3;1-2/h14H,2-13H2,1H3;5-6H,2-4H2,1H3;1H,(H2,2,3);2H,1H3. The molecule has 37 heavy (non-hydrogen) atoms. The van der Waals surface area contributed by atoms with Crippen LogP contribution in [0.3, 0.4) is 0 Å². The Labute approximate surface area is 230 Å². The van der Waals surface area contributed by atoms with Crippen molar-refractivity contribution in [2.45, 2.75) is 89.9 Å². The number of nitrogens with two attached hydrogens (primary N) is 1. The third-order valence-corrected chi connectivity index (χ3v) is 9.21. The zero-order valence-electron chi connectivity index (χ0n) is 22.8. The first-order valence-electron chi connectivity index (χ1n) is 13.3. The molecule has 1 aromatic heterocycles. The summed E-state index contributed by atoms with van der Waals surface area (Å²) in [5.41, 5.74) is 5.07. The lowest BCUT2D eigenvalue weighted by atomic mass is 9.87. The average Bonchev–Trinajstić information content (AvgIpc) is 3.65. The summed E-state index contributed by atoms with van der Waals surface area (Å²) in [6.45, 7) is 9.62. The molecule has 3 N–H and O–H groups in total. The molecule has 0 bridgehead atoms. The molecule has 6 nitrogen and oxygen atoms in total. The minimum Gasteiger partial charge on any atom is -0.400 e. The predicted octanol–water partition coefficient (Wildman–Crippen LogP) is 6.26. The van der Waals surface area contributed by atoms with E-state index in [4.69, 9.17) is 9.90 Å². The lowest BCUT2D eigenvalue weighted by Crippen LogP contribution is -2.33. The molecule has 2 aliphatic carbocycles. The fraction of sp³-hybridized carbons (Fsp3) is 0.741. The van der Waals surface area contributed by atoms with E-state index in [1.165, 1.54) is 73.0 Å². The molecule has 212 valence electrons. The highest BCUT2D eigenvalue weighted by atomic mass is 32.2. The topological polar surface area (TPSA) is 91.8 Å². The quantitative estimate of drug-likeness (QED) is 0.275. The molecule has 0 atom stereocenters. The van der Waals surface area contributed by atoms with Crippen molar-refractivity contribution in [2.24, 2.45) is 16.6 Å². The van der Waals surface area contributed by atoms with Crippen molar-refractivity contribution in [2.75, 3.05) is 32.5 Å². The molecule has 0 spiro atoms. The summed E-state index contributed by atoms with van der Waals surface area (Å²) in [7, 11) is 1.00. The van der Waals surface area contributed by atoms with Gasteiger partial charge in [0.05, 0.1) is 16.5 Å². The minimum atomic E-state index is -2.62. The fourth-order valence-electron chi connectivity index (χ4n) is 4.33. The van der Waals surface area contributed by atoms with Gasteiger partial charge in [-0.2, -0.15) is 0 Å². The number of halogens is 2. The van der Waals surface area contributed by atoms with Crippen molar-refractivity contribution in [3.05, 3.63) is 26.7 Å². The van der Waals surface area contributed by atoms with E-state index in [1.807, 2.05) is 17.5 Å². The average molecular weight is 561 g/mol. The zero-order chi connectivity index (χ0) is 27.7. The number of aliphatic hydroxyl groups excluding tert-OH is 1. The van der Waals surface area contributed by atoms with Gasteiger partial charge in [-0.3, -0.25) is 14.7 Å². The smallest absolute Gasteiger partial charge is 0.254 e. The van der Waals surface area contributed by atoms with E-state index in [1.54, 1.807) is 0 Å². The van der Waals surface area contributed by atoms with Gasteiger partial charge in [-0.1, -0.05) is 39.0 Å². The van der Waals surface area contributed by atoms with Crippen LogP contribution in [0.15, 0.2) is 21.8 Å². The van der Waals surface area contributed by atoms with E-state index < -0.39 is 5.92 Å². The highest BCUT2D eigenvalue weighted by molar-refractivity contribution is 8.03. The first kappa shape index (κ1) is 33.7. The van der Waals surface area contributed by atoms with Gasteiger partial charge in [0.1, 0.15) is 0 Å². The summed E-state index contributed by atoms with van der Waals surface area (Å²) in [5, 5.41) is 8.37. The zero-order valence-corrected chi connectivity index (χ0v) is 24.4. The highest BCUT2D eigenvalue weighted by Crippen LogP contribution is 2.41. The van der Waals surface area contributed by atoms with Crippen LogP contribution in [0.25, 0.3) is 0 Å². The van der Waals surface area contributed by atoms with Crippen molar-refractivity contribution in [3.8, 4) is 0 Å². The SMILES string of the molecule is C=NC1=C(SCC(C)(F)F)CCN(CCC2CCCCC2)C1.CCc1cnc(C2CC2)s1.CO.NC=O. The van der Waals surface area contributed by atoms with Gasteiger partial charge in [-0.05, 0) is 51.3 Å². The number of amides is 1. The highest BCUT2D eigenvalue weighted by Gasteiger charge is 2.27. The lowest BCUT2D eigenvalue weighted by Gasteiger charge is -2.31. The van der Waals surface area contributed by atoms with Gasteiger partial charge in [0.25, 0.3) is 5.92 Å². The molecule has 2 heterocycles. The number of primary amides is 1. The number of aliphatic hydroxyl groups is 1. The number of nitrogens with zero attached hydrogens (tertiary/aromatic N) is 3. The first-order valence-corrected chi connectivity index (χ1v) is 15.1. The summed E-state index contributed by atoms with van der Waals surface area (Å²) in [6.07, 6.45) is 15.2. The molecule has 2 saturated carbocycles. The third kappa shape index (κ3) is 14.4. The molecular weight excluding hydrogens is 514 g/mol. The molecule has 3 aliphatic rings. The van der Waals surface area contributed by atoms with Crippen LogP contribution in [0.5, 0.6) is 0 Å². The minimum absolute atomic E-state index is 0.163. The maximum atomic E-state index is 13.0. The van der Waals surface area contributed by atoms with Crippen LogP contribution in [0.1, 0.15) is 87.4 Å². The van der Waals surface area contributed by atoms with E-state index in [2.05, 4.69) is 34.3 Å². The number of aryl methyl sites for hydroxylation is 1. The fourth-order valence-corrected chi connectivity index (χ4v) is 6.31. The Kier molecular flexibility index (Phi) is 17.1. The first-order chi connectivity index (χ1) is 17.8. The van der Waals surface area contributed by atoms with Gasteiger partial charge in [0.15, 0.2) is 0 Å². The number of aromatic nitrogens is 1. The molecule has 4 rings (SSSR count). The molecule has 0 radical (unpaired) electrons. The maximum absolute atomic E-state index is 13.0. The van der Waals surface area contributed by atoms with Crippen LogP contribution in [-0.2, 0) is 11.2 Å². The summed E-state index contributed by atoms with van der Waals surface area (Å²) >= 11 is 3.15. The largest absolute Gasteiger partial charge is 0.400 e. The molecule has 1 aromatic rings. The van der Waals surface area contributed by atoms with Crippen LogP contribution in [0.2, 0.25) is 0 Å². The van der Waals surface area contributed by atoms with Crippen molar-refractivity contribution >= 4 is 36.2 Å². The Morgan fingerprint density at radius 3 is 2.46 bits per heavy atom. The number of carbonyl (C=O) groups excluding carboxylic acids is 1. The number of aliphatic imine (C=N–C) groups is 1. The van der Waals surface area contributed by atoms with Gasteiger partial charge in [-0.15, -0.1) is 23.1 Å². The van der Waals surface area contributed by atoms with Crippen LogP contribution >= 0.6 is 23.1 Å². The van der Waals surface area contributed by atoms with E-state index in [0.29, 0.717) is 0 Å². The number of thioether (sulfide) groups is 1. The second-order valence-corrected chi connectivity index (χ2v) is 11.9. The number of carbonyl (C=O) groups is 1. The van der Waals surface area contributed by atoms with E-state index >= 15 is 0 Å². The molecule has 1 aliphatic heterocycles. The van der Waals surface area contributed by atoms with Crippen molar-refractivity contribution in [1.29, 1.82) is 0 Å². The molecule has 10 heteroatoms. The summed E-state index contributed by atoms with van der Waals surface area (Å²) in [5.74, 6) is -1.07. The second kappa shape index (κ2) is 18.8. The Balaban J connectivity index is 0.000000375. The van der Waals surface area contributed by atoms with E-state index in [-0.39, 0.29) is 12.2 Å². The summed E-state index contributed by atoms with van der Waals surface area (Å²) in [4.78, 5) is 21.9. The molecule has 1 amide bonds. The molecular formula is C27H46F2N4O2S2. The Morgan fingerprint density at radius 2 is 1.95 bits per heavy atom. The summed E-state index contributed by atoms with van der Waals surface area (Å²) in [6, 6.07) is 0. The molecule has 0 unspecified atom stereocenters. The Bertz CT molecular complexity index is 805.